The molecule has 0 bridgehead atoms. The summed E-state index contributed by atoms with van der Waals surface area (Å²) in [5, 5.41) is 0. The van der Waals surface area contributed by atoms with Crippen molar-refractivity contribution in [3.05, 3.63) is 29.3 Å². The molecule has 1 radical (unpaired) electrons. The van der Waals surface area contributed by atoms with Crippen LogP contribution in [0.5, 0.6) is 0 Å². The zero-order chi connectivity index (χ0) is 5.28. The van der Waals surface area contributed by atoms with Gasteiger partial charge in [0.2, 0.25) is 0 Å². The summed E-state index contributed by atoms with van der Waals surface area (Å²) in [6.45, 7) is 4.24. The van der Waals surface area contributed by atoms with Gasteiger partial charge in [-0.2, -0.15) is 17.2 Å². The zero-order valence-corrected chi connectivity index (χ0v) is 6.58. The third-order valence-corrected chi connectivity index (χ3v) is 1.31. The van der Waals surface area contributed by atoms with E-state index in [0.717, 1.165) is 0 Å². The smallest absolute Gasteiger partial charge is 0 e. The largest absolute Gasteiger partial charge is 0.213 e. The van der Waals surface area contributed by atoms with Crippen LogP contribution in [-0.4, -0.2) is 0 Å². The van der Waals surface area contributed by atoms with Crippen LogP contribution in [0.1, 0.15) is 11.1 Å². The summed E-state index contributed by atoms with van der Waals surface area (Å²) >= 11 is 0. The fraction of sp³-hybridized carbons (Fsp3) is 0.286. The molecular weight excluding hydrogens is 135 g/mol. The Bertz CT molecular complexity index is 137. The van der Waals surface area contributed by atoms with Crippen LogP contribution in [0, 0.1) is 13.8 Å². The van der Waals surface area contributed by atoms with Crippen LogP contribution in [0.4, 0.5) is 0 Å². The Hall–Kier alpha value is -0.0656. The zero-order valence-electron chi connectivity index (χ0n) is 5.18. The van der Waals surface area contributed by atoms with Crippen LogP contribution in [-0.2, 0) is 18.6 Å². The fourth-order valence-corrected chi connectivity index (χ4v) is 0.600. The molecule has 1 rings (SSSR count). The van der Waals surface area contributed by atoms with E-state index in [1.807, 2.05) is 0 Å². The van der Waals surface area contributed by atoms with Crippen molar-refractivity contribution in [1.82, 2.24) is 0 Å². The maximum absolute atomic E-state index is 2.12. The molecule has 0 aliphatic heterocycles. The molecule has 0 aliphatic rings. The van der Waals surface area contributed by atoms with Crippen molar-refractivity contribution >= 4 is 0 Å². The molecule has 43 valence electrons. The minimum atomic E-state index is 0. The van der Waals surface area contributed by atoms with Crippen molar-refractivity contribution in [2.45, 2.75) is 13.8 Å². The molecule has 0 amide bonds. The van der Waals surface area contributed by atoms with Crippen molar-refractivity contribution < 1.29 is 18.6 Å². The second kappa shape index (κ2) is 3.06. The van der Waals surface area contributed by atoms with Gasteiger partial charge in [0.15, 0.2) is 0 Å². The van der Waals surface area contributed by atoms with Gasteiger partial charge in [-0.05, 0) is 0 Å². The average Bonchev–Trinajstić information content (AvgIpc) is 1.91. The molecule has 0 N–H and O–H groups in total. The maximum atomic E-state index is 2.12. The molecule has 0 saturated carbocycles. The first kappa shape index (κ1) is 7.93. The van der Waals surface area contributed by atoms with Crippen LogP contribution in [0.2, 0.25) is 0 Å². The van der Waals surface area contributed by atoms with Crippen molar-refractivity contribution in [2.24, 2.45) is 0 Å². The van der Waals surface area contributed by atoms with E-state index in [1.165, 1.54) is 11.1 Å². The van der Waals surface area contributed by atoms with Gasteiger partial charge < -0.3 is 0 Å². The molecule has 0 heterocycles. The fourth-order valence-electron chi connectivity index (χ4n) is 0.600. The van der Waals surface area contributed by atoms with Gasteiger partial charge >= 0.3 is 0 Å². The molecule has 0 spiro atoms. The molecule has 1 aromatic rings. The van der Waals surface area contributed by atoms with Gasteiger partial charge in [0.05, 0.1) is 0 Å². The van der Waals surface area contributed by atoms with Crippen molar-refractivity contribution in [3.8, 4) is 0 Å². The predicted molar refractivity (Wildman–Crippen MR) is 31.5 cm³/mol. The van der Waals surface area contributed by atoms with Crippen molar-refractivity contribution in [2.75, 3.05) is 0 Å². The molecule has 0 aliphatic carbocycles. The molecule has 1 aromatic carbocycles. The summed E-state index contributed by atoms with van der Waals surface area (Å²) in [4.78, 5) is 0. The average molecular weight is 144 g/mol. The van der Waals surface area contributed by atoms with Crippen LogP contribution in [0.15, 0.2) is 18.2 Å². The third kappa shape index (κ3) is 1.46. The van der Waals surface area contributed by atoms with E-state index >= 15 is 0 Å². The van der Waals surface area contributed by atoms with Gasteiger partial charge in [0.1, 0.15) is 0 Å². The predicted octanol–water partition coefficient (Wildman–Crippen LogP) is 2.02. The summed E-state index contributed by atoms with van der Waals surface area (Å²) in [5.74, 6) is 0. The van der Waals surface area contributed by atoms with E-state index in [-0.39, 0.29) is 18.6 Å². The van der Waals surface area contributed by atoms with E-state index < -0.39 is 0 Å². The Morgan fingerprint density at radius 3 is 2.25 bits per heavy atom. The Labute approximate surface area is 62.2 Å². The van der Waals surface area contributed by atoms with Gasteiger partial charge in [-0.3, -0.25) is 0 Å². The summed E-state index contributed by atoms with van der Waals surface area (Å²) in [5.41, 5.74) is 2.78. The summed E-state index contributed by atoms with van der Waals surface area (Å²) in [6, 6.07) is 6.31. The minimum Gasteiger partial charge on any atom is -0.213 e. The first-order chi connectivity index (χ1) is 3.30. The molecular formula is C7H9V-. The van der Waals surface area contributed by atoms with E-state index in [4.69, 9.17) is 0 Å². The third-order valence-electron chi connectivity index (χ3n) is 1.31. The van der Waals surface area contributed by atoms with Gasteiger partial charge in [-0.25, -0.2) is 12.1 Å². The number of hydrogen-bond donors (Lipinski definition) is 0. The molecule has 0 fully saturated rings. The second-order valence-corrected chi connectivity index (χ2v) is 1.89. The van der Waals surface area contributed by atoms with Crippen LogP contribution < -0.4 is 0 Å². The van der Waals surface area contributed by atoms with Crippen LogP contribution >= 0.6 is 0 Å². The van der Waals surface area contributed by atoms with E-state index in [9.17, 15) is 0 Å². The quantitative estimate of drug-likeness (QED) is 0.488. The Kier molecular flexibility index (Phi) is 3.03. The SMILES string of the molecule is Cc1ccc[c-]1C.[V]. The van der Waals surface area contributed by atoms with Crippen LogP contribution in [0.25, 0.3) is 0 Å². The molecule has 0 aromatic heterocycles. The van der Waals surface area contributed by atoms with Gasteiger partial charge in [-0.15, -0.1) is 0 Å². The standard InChI is InChI=1S/C7H9.V/c1-6-4-3-5-7(6)2;/h3-5H,1-2H3;/q-1;. The van der Waals surface area contributed by atoms with E-state index in [0.29, 0.717) is 0 Å². The number of rotatable bonds is 0. The van der Waals surface area contributed by atoms with Gasteiger partial charge in [0.25, 0.3) is 0 Å². The molecule has 0 saturated heterocycles. The summed E-state index contributed by atoms with van der Waals surface area (Å²) in [7, 11) is 0. The normalized spacial score (nSPS) is 8.25. The Balaban J connectivity index is 0.000000490. The number of hydrogen-bond acceptors (Lipinski definition) is 0. The summed E-state index contributed by atoms with van der Waals surface area (Å²) < 4.78 is 0. The van der Waals surface area contributed by atoms with Crippen molar-refractivity contribution in [3.63, 3.8) is 0 Å². The topological polar surface area (TPSA) is 0 Å². The van der Waals surface area contributed by atoms with E-state index in [1.54, 1.807) is 0 Å². The van der Waals surface area contributed by atoms with Gasteiger partial charge in [-0.1, -0.05) is 13.8 Å². The molecule has 0 unspecified atom stereocenters. The first-order valence-electron chi connectivity index (χ1n) is 2.49. The van der Waals surface area contributed by atoms with Crippen molar-refractivity contribution in [1.29, 1.82) is 0 Å². The minimum absolute atomic E-state index is 0. The monoisotopic (exact) mass is 144 g/mol. The molecule has 1 heteroatoms. The molecule has 0 nitrogen and oxygen atoms in total. The molecule has 0 atom stereocenters. The summed E-state index contributed by atoms with van der Waals surface area (Å²) in [6.07, 6.45) is 0. The van der Waals surface area contributed by atoms with Crippen LogP contribution in [0.3, 0.4) is 0 Å². The first-order valence-corrected chi connectivity index (χ1v) is 2.49. The van der Waals surface area contributed by atoms with E-state index in [2.05, 4.69) is 32.0 Å². The molecule has 8 heavy (non-hydrogen) atoms. The maximum Gasteiger partial charge on any atom is 0 e. The second-order valence-electron chi connectivity index (χ2n) is 1.89. The van der Waals surface area contributed by atoms with Gasteiger partial charge in [0, 0.05) is 18.6 Å². The number of aryl methyl sites for hydroxylation is 2. The Morgan fingerprint density at radius 2 is 2.12 bits per heavy atom. The Morgan fingerprint density at radius 1 is 1.50 bits per heavy atom.